The van der Waals surface area contributed by atoms with Crippen molar-refractivity contribution in [1.29, 1.82) is 0 Å². The molecule has 0 aliphatic carbocycles. The van der Waals surface area contributed by atoms with Crippen molar-refractivity contribution in [2.45, 2.75) is 19.4 Å². The van der Waals surface area contributed by atoms with Gasteiger partial charge in [-0.1, -0.05) is 0 Å². The first-order valence-corrected chi connectivity index (χ1v) is 4.77. The van der Waals surface area contributed by atoms with Gasteiger partial charge in [-0.2, -0.15) is 0 Å². The third-order valence-electron chi connectivity index (χ3n) is 1.93. The van der Waals surface area contributed by atoms with E-state index >= 15 is 0 Å². The molecule has 1 aromatic rings. The highest BCUT2D eigenvalue weighted by atomic mass is 16.5. The van der Waals surface area contributed by atoms with Gasteiger partial charge < -0.3 is 15.5 Å². The van der Waals surface area contributed by atoms with Crippen molar-refractivity contribution >= 4 is 5.97 Å². The molecule has 4 N–H and O–H groups in total. The highest BCUT2D eigenvalue weighted by molar-refractivity contribution is 5.75. The first-order valence-electron chi connectivity index (χ1n) is 4.77. The Morgan fingerprint density at radius 1 is 1.56 bits per heavy atom. The van der Waals surface area contributed by atoms with Crippen molar-refractivity contribution in [1.82, 2.24) is 9.97 Å². The third kappa shape index (κ3) is 3.06. The number of rotatable bonds is 4. The summed E-state index contributed by atoms with van der Waals surface area (Å²) in [5, 5.41) is 0. The van der Waals surface area contributed by atoms with Gasteiger partial charge in [0.05, 0.1) is 6.61 Å². The summed E-state index contributed by atoms with van der Waals surface area (Å²) in [4.78, 5) is 37.5. The number of H-pyrrole nitrogens is 2. The number of esters is 1. The van der Waals surface area contributed by atoms with Crippen LogP contribution in [0.5, 0.6) is 0 Å². The molecule has 16 heavy (non-hydrogen) atoms. The Bertz CT molecular complexity index is 476. The van der Waals surface area contributed by atoms with E-state index in [0.29, 0.717) is 0 Å². The van der Waals surface area contributed by atoms with Gasteiger partial charge in [0.25, 0.3) is 5.56 Å². The van der Waals surface area contributed by atoms with Crippen molar-refractivity contribution in [3.8, 4) is 0 Å². The highest BCUT2D eigenvalue weighted by Crippen LogP contribution is 1.95. The van der Waals surface area contributed by atoms with Crippen molar-refractivity contribution in [3.63, 3.8) is 0 Å². The van der Waals surface area contributed by atoms with E-state index in [-0.39, 0.29) is 18.6 Å². The number of aromatic nitrogens is 2. The van der Waals surface area contributed by atoms with Gasteiger partial charge >= 0.3 is 11.7 Å². The fourth-order valence-electron chi connectivity index (χ4n) is 1.16. The van der Waals surface area contributed by atoms with Crippen LogP contribution in [0.15, 0.2) is 15.8 Å². The van der Waals surface area contributed by atoms with E-state index in [1.807, 2.05) is 4.98 Å². The molecular formula is C9H13N3O4. The fourth-order valence-corrected chi connectivity index (χ4v) is 1.16. The molecule has 0 aliphatic rings. The third-order valence-corrected chi connectivity index (χ3v) is 1.93. The van der Waals surface area contributed by atoms with Gasteiger partial charge in [0.2, 0.25) is 0 Å². The van der Waals surface area contributed by atoms with Gasteiger partial charge in [-0.25, -0.2) is 4.79 Å². The molecule has 0 aromatic carbocycles. The Hall–Kier alpha value is -1.89. The summed E-state index contributed by atoms with van der Waals surface area (Å²) < 4.78 is 4.69. The number of ether oxygens (including phenoxy) is 1. The molecule has 0 radical (unpaired) electrons. The maximum atomic E-state index is 11.3. The average molecular weight is 227 g/mol. The molecule has 0 bridgehead atoms. The van der Waals surface area contributed by atoms with Crippen molar-refractivity contribution in [2.24, 2.45) is 5.73 Å². The lowest BCUT2D eigenvalue weighted by molar-refractivity contribution is -0.144. The molecule has 1 unspecified atom stereocenters. The van der Waals surface area contributed by atoms with Crippen LogP contribution in [0.4, 0.5) is 0 Å². The molecule has 7 heteroatoms. The number of hydrogen-bond acceptors (Lipinski definition) is 5. The Morgan fingerprint density at radius 2 is 2.25 bits per heavy atom. The Balaban J connectivity index is 2.77. The number of carbonyl (C=O) groups excluding carboxylic acids is 1. The Morgan fingerprint density at radius 3 is 2.81 bits per heavy atom. The molecule has 0 aliphatic heterocycles. The van der Waals surface area contributed by atoms with Crippen LogP contribution in [0.25, 0.3) is 0 Å². The minimum atomic E-state index is -0.910. The molecule has 0 spiro atoms. The normalized spacial score (nSPS) is 12.1. The van der Waals surface area contributed by atoms with Crippen LogP contribution in [0.3, 0.4) is 0 Å². The van der Waals surface area contributed by atoms with Crippen LogP contribution in [0, 0.1) is 0 Å². The zero-order valence-electron chi connectivity index (χ0n) is 8.78. The smallest absolute Gasteiger partial charge is 0.325 e. The first kappa shape index (κ1) is 12.2. The SMILES string of the molecule is CCOC(=O)C(N)Cc1c[nH]c(=O)[nH]c1=O. The summed E-state index contributed by atoms with van der Waals surface area (Å²) in [7, 11) is 0. The number of hydrogen-bond donors (Lipinski definition) is 3. The van der Waals surface area contributed by atoms with Crippen molar-refractivity contribution < 1.29 is 9.53 Å². The largest absolute Gasteiger partial charge is 0.465 e. The van der Waals surface area contributed by atoms with Crippen LogP contribution in [0.1, 0.15) is 12.5 Å². The standard InChI is InChI=1S/C9H13N3O4/c1-2-16-8(14)6(10)3-5-4-11-9(15)12-7(5)13/h4,6H,2-3,10H2,1H3,(H2,11,12,13,15). The topological polar surface area (TPSA) is 118 Å². The molecule has 1 rings (SSSR count). The van der Waals surface area contributed by atoms with Gasteiger partial charge in [0.15, 0.2) is 0 Å². The summed E-state index contributed by atoms with van der Waals surface area (Å²) in [6.07, 6.45) is 1.26. The number of nitrogens with one attached hydrogen (secondary N) is 2. The van der Waals surface area contributed by atoms with Gasteiger partial charge in [-0.15, -0.1) is 0 Å². The van der Waals surface area contributed by atoms with E-state index < -0.39 is 23.3 Å². The van der Waals surface area contributed by atoms with Crippen LogP contribution in [-0.4, -0.2) is 28.6 Å². The molecule has 1 aromatic heterocycles. The van der Waals surface area contributed by atoms with E-state index in [2.05, 4.69) is 4.98 Å². The summed E-state index contributed by atoms with van der Waals surface area (Å²) in [6, 6.07) is -0.910. The zero-order valence-corrected chi connectivity index (χ0v) is 8.78. The van der Waals surface area contributed by atoms with E-state index in [0.717, 1.165) is 0 Å². The van der Waals surface area contributed by atoms with Crippen LogP contribution in [0.2, 0.25) is 0 Å². The Labute approximate surface area is 90.6 Å². The summed E-state index contributed by atoms with van der Waals surface area (Å²) in [5.74, 6) is -0.576. The quantitative estimate of drug-likeness (QED) is 0.541. The molecule has 0 saturated heterocycles. The second-order valence-electron chi connectivity index (χ2n) is 3.16. The maximum absolute atomic E-state index is 11.3. The molecule has 88 valence electrons. The minimum absolute atomic E-state index is 0.0188. The lowest BCUT2D eigenvalue weighted by atomic mass is 10.1. The second-order valence-corrected chi connectivity index (χ2v) is 3.16. The summed E-state index contributed by atoms with van der Waals surface area (Å²) in [6.45, 7) is 1.89. The molecular weight excluding hydrogens is 214 g/mol. The highest BCUT2D eigenvalue weighted by Gasteiger charge is 2.16. The fraction of sp³-hybridized carbons (Fsp3) is 0.444. The lowest BCUT2D eigenvalue weighted by Crippen LogP contribution is -2.37. The monoisotopic (exact) mass is 227 g/mol. The van der Waals surface area contributed by atoms with E-state index in [1.165, 1.54) is 6.20 Å². The number of aromatic amines is 2. The molecule has 0 fully saturated rings. The average Bonchev–Trinajstić information content (AvgIpc) is 2.22. The first-order chi connectivity index (χ1) is 7.54. The van der Waals surface area contributed by atoms with Crippen LogP contribution >= 0.6 is 0 Å². The van der Waals surface area contributed by atoms with Gasteiger partial charge in [-0.05, 0) is 6.92 Å². The number of carbonyl (C=O) groups is 1. The van der Waals surface area contributed by atoms with Gasteiger partial charge in [-0.3, -0.25) is 14.6 Å². The molecule has 0 amide bonds. The lowest BCUT2D eigenvalue weighted by Gasteiger charge is -2.09. The zero-order chi connectivity index (χ0) is 12.1. The maximum Gasteiger partial charge on any atom is 0.325 e. The second kappa shape index (κ2) is 5.26. The van der Waals surface area contributed by atoms with E-state index in [1.54, 1.807) is 6.92 Å². The molecule has 1 heterocycles. The van der Waals surface area contributed by atoms with Crippen molar-refractivity contribution in [3.05, 3.63) is 32.6 Å². The van der Waals surface area contributed by atoms with Gasteiger partial charge in [0.1, 0.15) is 6.04 Å². The van der Waals surface area contributed by atoms with E-state index in [4.69, 9.17) is 10.5 Å². The minimum Gasteiger partial charge on any atom is -0.465 e. The van der Waals surface area contributed by atoms with Crippen LogP contribution in [-0.2, 0) is 16.0 Å². The Kier molecular flexibility index (Phi) is 4.01. The summed E-state index contributed by atoms with van der Waals surface area (Å²) >= 11 is 0. The molecule has 1 atom stereocenters. The van der Waals surface area contributed by atoms with Gasteiger partial charge in [0, 0.05) is 18.2 Å². The summed E-state index contributed by atoms with van der Waals surface area (Å²) in [5.41, 5.74) is 4.61. The predicted octanol–water partition coefficient (Wildman–Crippen LogP) is -1.50. The van der Waals surface area contributed by atoms with Crippen LogP contribution < -0.4 is 17.0 Å². The number of nitrogens with two attached hydrogens (primary N) is 1. The predicted molar refractivity (Wildman–Crippen MR) is 56.0 cm³/mol. The van der Waals surface area contributed by atoms with Crippen molar-refractivity contribution in [2.75, 3.05) is 6.61 Å². The molecule has 7 nitrogen and oxygen atoms in total. The van der Waals surface area contributed by atoms with E-state index in [9.17, 15) is 14.4 Å². The molecule has 0 saturated carbocycles.